The van der Waals surface area contributed by atoms with E-state index in [1.165, 1.54) is 16.7 Å². The Balaban J connectivity index is 1.62. The van der Waals surface area contributed by atoms with E-state index >= 15 is 0 Å². The van der Waals surface area contributed by atoms with E-state index in [-0.39, 0.29) is 23.9 Å². The van der Waals surface area contributed by atoms with E-state index in [9.17, 15) is 5.11 Å². The molecule has 2 aliphatic carbocycles. The molecular weight excluding hydrogens is 407 g/mol. The van der Waals surface area contributed by atoms with Crippen LogP contribution in [-0.2, 0) is 24.1 Å². The number of aliphatic hydroxyl groups is 1. The minimum Gasteiger partial charge on any atom is -0.494 e. The Hall–Kier alpha value is -1.04. The number of hydrogen-bond donors (Lipinski definition) is 2. The second kappa shape index (κ2) is 10.3. The van der Waals surface area contributed by atoms with Gasteiger partial charge >= 0.3 is 0 Å². The summed E-state index contributed by atoms with van der Waals surface area (Å²) in [6.07, 6.45) is 8.73. The third-order valence-electron chi connectivity index (χ3n) is 5.79. The molecule has 0 amide bonds. The van der Waals surface area contributed by atoms with Crippen molar-refractivity contribution in [3.8, 4) is 0 Å². The van der Waals surface area contributed by atoms with Crippen LogP contribution < -0.4 is 5.73 Å². The standard InChI is InChI=1S/C23H32Cl2N2O2/c1-27(2)13-15-9-10-16-5-3-6-17(12-18(16)11-15)23(26)20(28)14-29-21-8-4-7-19(24)22(21)25/h4,7-11,17,19-20,22-23,28H,3,5-6,12-14,26H2,1-2H3. The van der Waals surface area contributed by atoms with Gasteiger partial charge in [-0.15, -0.1) is 23.2 Å². The van der Waals surface area contributed by atoms with Crippen LogP contribution in [0.15, 0.2) is 42.2 Å². The monoisotopic (exact) mass is 438 g/mol. The van der Waals surface area contributed by atoms with Gasteiger partial charge in [-0.25, -0.2) is 0 Å². The zero-order valence-corrected chi connectivity index (χ0v) is 18.7. The highest BCUT2D eigenvalue weighted by molar-refractivity contribution is 6.32. The average Bonchev–Trinajstić information content (AvgIpc) is 2.89. The predicted molar refractivity (Wildman–Crippen MR) is 120 cm³/mol. The lowest BCUT2D eigenvalue weighted by atomic mass is 9.87. The molecule has 5 atom stereocenters. The molecule has 6 heteroatoms. The van der Waals surface area contributed by atoms with Gasteiger partial charge in [-0.2, -0.15) is 0 Å². The summed E-state index contributed by atoms with van der Waals surface area (Å²) in [6, 6.07) is 6.44. The topological polar surface area (TPSA) is 58.7 Å². The molecule has 160 valence electrons. The SMILES string of the molecule is CN(C)Cc1ccc2c(c1)CC(C(N)C(O)COC1=CC=CC(Cl)C1Cl)CCC2. The number of alkyl halides is 2. The van der Waals surface area contributed by atoms with Crippen molar-refractivity contribution < 1.29 is 9.84 Å². The Kier molecular flexibility index (Phi) is 8.06. The van der Waals surface area contributed by atoms with Crippen LogP contribution in [-0.4, -0.2) is 53.6 Å². The minimum atomic E-state index is -0.754. The van der Waals surface area contributed by atoms with Gasteiger partial charge in [-0.1, -0.05) is 30.4 Å². The van der Waals surface area contributed by atoms with E-state index in [0.717, 1.165) is 32.2 Å². The van der Waals surface area contributed by atoms with Crippen molar-refractivity contribution in [3.05, 3.63) is 58.9 Å². The van der Waals surface area contributed by atoms with Gasteiger partial charge in [-0.05, 0) is 68.5 Å². The Morgan fingerprint density at radius 1 is 1.28 bits per heavy atom. The number of ether oxygens (including phenoxy) is 1. The van der Waals surface area contributed by atoms with Gasteiger partial charge < -0.3 is 20.5 Å². The van der Waals surface area contributed by atoms with Crippen LogP contribution in [0.3, 0.4) is 0 Å². The van der Waals surface area contributed by atoms with E-state index in [1.807, 2.05) is 12.2 Å². The van der Waals surface area contributed by atoms with E-state index in [0.29, 0.717) is 5.76 Å². The number of nitrogens with two attached hydrogens (primary N) is 1. The summed E-state index contributed by atoms with van der Waals surface area (Å²) in [6.45, 7) is 1.04. The zero-order valence-electron chi connectivity index (χ0n) is 17.2. The number of halogens is 2. The number of hydrogen-bond acceptors (Lipinski definition) is 4. The van der Waals surface area contributed by atoms with Crippen molar-refractivity contribution in [2.24, 2.45) is 11.7 Å². The molecule has 4 nitrogen and oxygen atoms in total. The molecule has 0 spiro atoms. The summed E-state index contributed by atoms with van der Waals surface area (Å²) in [4.78, 5) is 2.17. The fourth-order valence-electron chi connectivity index (χ4n) is 4.18. The van der Waals surface area contributed by atoms with Gasteiger partial charge in [0.05, 0.1) is 5.38 Å². The van der Waals surface area contributed by atoms with Gasteiger partial charge in [0.1, 0.15) is 23.8 Å². The normalized spacial score (nSPS) is 26.4. The first-order chi connectivity index (χ1) is 13.8. The number of benzene rings is 1. The molecule has 0 fully saturated rings. The first kappa shape index (κ1) is 22.6. The maximum absolute atomic E-state index is 10.7. The van der Waals surface area contributed by atoms with E-state index in [2.05, 4.69) is 37.2 Å². The van der Waals surface area contributed by atoms with Crippen LogP contribution in [0.4, 0.5) is 0 Å². The van der Waals surface area contributed by atoms with E-state index in [4.69, 9.17) is 33.7 Å². The van der Waals surface area contributed by atoms with Crippen molar-refractivity contribution in [3.63, 3.8) is 0 Å². The zero-order chi connectivity index (χ0) is 21.0. The first-order valence-electron chi connectivity index (χ1n) is 10.3. The second-order valence-electron chi connectivity index (χ2n) is 8.45. The second-order valence-corrected chi connectivity index (χ2v) is 9.43. The third-order valence-corrected chi connectivity index (χ3v) is 6.80. The molecule has 3 N–H and O–H groups in total. The van der Waals surface area contributed by atoms with Crippen molar-refractivity contribution in [1.29, 1.82) is 0 Å². The van der Waals surface area contributed by atoms with Crippen molar-refractivity contribution >= 4 is 23.2 Å². The lowest BCUT2D eigenvalue weighted by Crippen LogP contribution is -2.44. The van der Waals surface area contributed by atoms with Crippen LogP contribution in [0.25, 0.3) is 0 Å². The molecule has 0 radical (unpaired) electrons. The molecule has 0 bridgehead atoms. The number of aliphatic hydroxyl groups excluding tert-OH is 1. The fraction of sp³-hybridized carbons (Fsp3) is 0.565. The average molecular weight is 439 g/mol. The lowest BCUT2D eigenvalue weighted by molar-refractivity contribution is 0.0362. The molecule has 5 unspecified atom stereocenters. The molecule has 3 rings (SSSR count). The summed E-state index contributed by atoms with van der Waals surface area (Å²) < 4.78 is 5.76. The van der Waals surface area contributed by atoms with Gasteiger partial charge in [0, 0.05) is 12.6 Å². The predicted octanol–water partition coefficient (Wildman–Crippen LogP) is 3.62. The summed E-state index contributed by atoms with van der Waals surface area (Å²) in [5.74, 6) is 0.803. The molecule has 0 aromatic heterocycles. The number of allylic oxidation sites excluding steroid dienone is 4. The maximum Gasteiger partial charge on any atom is 0.116 e. The Morgan fingerprint density at radius 3 is 2.83 bits per heavy atom. The smallest absolute Gasteiger partial charge is 0.116 e. The number of fused-ring (bicyclic) bond motifs is 1. The highest BCUT2D eigenvalue weighted by atomic mass is 35.5. The molecule has 0 heterocycles. The van der Waals surface area contributed by atoms with Crippen molar-refractivity contribution in [1.82, 2.24) is 4.90 Å². The number of nitrogens with zero attached hydrogens (tertiary/aromatic N) is 1. The molecule has 29 heavy (non-hydrogen) atoms. The van der Waals surface area contributed by atoms with Gasteiger partial charge in [0.25, 0.3) is 0 Å². The van der Waals surface area contributed by atoms with Crippen LogP contribution >= 0.6 is 23.2 Å². The number of aryl methyl sites for hydroxylation is 1. The lowest BCUT2D eigenvalue weighted by Gasteiger charge is -2.29. The molecule has 0 saturated heterocycles. The molecule has 2 aliphatic rings. The summed E-state index contributed by atoms with van der Waals surface area (Å²) in [5, 5.41) is 9.95. The minimum absolute atomic E-state index is 0.123. The maximum atomic E-state index is 10.7. The van der Waals surface area contributed by atoms with Crippen molar-refractivity contribution in [2.45, 2.75) is 55.1 Å². The summed E-state index contributed by atoms with van der Waals surface area (Å²) >= 11 is 12.4. The first-order valence-corrected chi connectivity index (χ1v) is 11.2. The van der Waals surface area contributed by atoms with E-state index in [1.54, 1.807) is 6.08 Å². The Bertz CT molecular complexity index is 750. The Labute approximate surface area is 184 Å². The van der Waals surface area contributed by atoms with Gasteiger partial charge in [0.15, 0.2) is 0 Å². The van der Waals surface area contributed by atoms with E-state index < -0.39 is 11.5 Å². The van der Waals surface area contributed by atoms with Crippen LogP contribution in [0.2, 0.25) is 0 Å². The molecule has 0 aliphatic heterocycles. The van der Waals surface area contributed by atoms with Gasteiger partial charge in [-0.3, -0.25) is 0 Å². The fourth-order valence-corrected chi connectivity index (χ4v) is 4.61. The molecular formula is C23H32Cl2N2O2. The molecule has 0 saturated carbocycles. The number of rotatable bonds is 7. The highest BCUT2D eigenvalue weighted by Gasteiger charge is 2.29. The van der Waals surface area contributed by atoms with Crippen molar-refractivity contribution in [2.75, 3.05) is 20.7 Å². The van der Waals surface area contributed by atoms with Crippen LogP contribution in [0.5, 0.6) is 0 Å². The summed E-state index contributed by atoms with van der Waals surface area (Å²) in [7, 11) is 4.16. The third kappa shape index (κ3) is 5.99. The largest absolute Gasteiger partial charge is 0.494 e. The van der Waals surface area contributed by atoms with Crippen LogP contribution in [0.1, 0.15) is 29.5 Å². The summed E-state index contributed by atoms with van der Waals surface area (Å²) in [5.41, 5.74) is 10.6. The van der Waals surface area contributed by atoms with Gasteiger partial charge in [0.2, 0.25) is 0 Å². The van der Waals surface area contributed by atoms with Crippen LogP contribution in [0, 0.1) is 5.92 Å². The Morgan fingerprint density at radius 2 is 2.07 bits per heavy atom. The highest BCUT2D eigenvalue weighted by Crippen LogP contribution is 2.29. The molecule has 1 aromatic carbocycles. The molecule has 1 aromatic rings. The quantitative estimate of drug-likeness (QED) is 0.504.